The Morgan fingerprint density at radius 3 is 1.33 bits per heavy atom. The van der Waals surface area contributed by atoms with Gasteiger partial charge in [0.2, 0.25) is 0 Å². The molecule has 0 saturated heterocycles. The second kappa shape index (κ2) is 5.72. The second-order valence-electron chi connectivity index (χ2n) is 2.98. The van der Waals surface area contributed by atoms with Crippen LogP contribution in [0.1, 0.15) is 0 Å². The third kappa shape index (κ3) is 2.93. The molecule has 2 aromatic carbocycles. The maximum atomic E-state index is 10.1. The fourth-order valence-electron chi connectivity index (χ4n) is 1.29. The molecule has 3 N–H and O–H groups in total. The van der Waals surface area contributed by atoms with E-state index >= 15 is 0 Å². The number of rotatable bonds is 2. The SMILES string of the molecule is O.O[As](c1ccccc1)c1ccccc1. The van der Waals surface area contributed by atoms with E-state index in [0.29, 0.717) is 0 Å². The van der Waals surface area contributed by atoms with Gasteiger partial charge in [-0.05, 0) is 0 Å². The molecule has 0 atom stereocenters. The first-order chi connectivity index (χ1) is 6.88. The number of hydrogen-bond donors (Lipinski definition) is 1. The maximum absolute atomic E-state index is 10.1. The van der Waals surface area contributed by atoms with E-state index in [2.05, 4.69) is 0 Å². The Morgan fingerprint density at radius 2 is 1.00 bits per heavy atom. The van der Waals surface area contributed by atoms with Crippen molar-refractivity contribution in [2.75, 3.05) is 0 Å². The summed E-state index contributed by atoms with van der Waals surface area (Å²) in [4.78, 5) is 0. The van der Waals surface area contributed by atoms with Gasteiger partial charge in [-0.1, -0.05) is 0 Å². The molecular formula is C12H13AsO2. The van der Waals surface area contributed by atoms with Crippen LogP contribution in [-0.2, 0) is 0 Å². The molecule has 0 heterocycles. The van der Waals surface area contributed by atoms with Crippen LogP contribution in [0.2, 0.25) is 0 Å². The monoisotopic (exact) mass is 264 g/mol. The van der Waals surface area contributed by atoms with Gasteiger partial charge in [0, 0.05) is 0 Å². The fourth-order valence-corrected chi connectivity index (χ4v) is 3.82. The van der Waals surface area contributed by atoms with Crippen molar-refractivity contribution in [1.82, 2.24) is 0 Å². The van der Waals surface area contributed by atoms with Gasteiger partial charge in [0.1, 0.15) is 0 Å². The molecule has 78 valence electrons. The molecule has 3 heteroatoms. The van der Waals surface area contributed by atoms with Crippen molar-refractivity contribution in [3.8, 4) is 0 Å². The van der Waals surface area contributed by atoms with Crippen LogP contribution in [0.25, 0.3) is 0 Å². The van der Waals surface area contributed by atoms with Crippen molar-refractivity contribution < 1.29 is 9.57 Å². The summed E-state index contributed by atoms with van der Waals surface area (Å²) in [5.74, 6) is 0. The van der Waals surface area contributed by atoms with E-state index in [1.54, 1.807) is 0 Å². The van der Waals surface area contributed by atoms with Crippen LogP contribution in [-0.4, -0.2) is 24.6 Å². The summed E-state index contributed by atoms with van der Waals surface area (Å²) in [6, 6.07) is 19.8. The summed E-state index contributed by atoms with van der Waals surface area (Å²) in [6.07, 6.45) is 0. The third-order valence-corrected chi connectivity index (χ3v) is 5.31. The first-order valence-corrected chi connectivity index (χ1v) is 7.18. The molecular weight excluding hydrogens is 251 g/mol. The van der Waals surface area contributed by atoms with Gasteiger partial charge in [-0.3, -0.25) is 0 Å². The van der Waals surface area contributed by atoms with Gasteiger partial charge in [0.15, 0.2) is 0 Å². The zero-order valence-corrected chi connectivity index (χ0v) is 10.0. The predicted molar refractivity (Wildman–Crippen MR) is 63.7 cm³/mol. The molecule has 0 unspecified atom stereocenters. The topological polar surface area (TPSA) is 51.7 Å². The van der Waals surface area contributed by atoms with E-state index in [4.69, 9.17) is 0 Å². The Balaban J connectivity index is 0.00000112. The molecule has 2 nitrogen and oxygen atoms in total. The molecule has 0 fully saturated rings. The molecule has 15 heavy (non-hydrogen) atoms. The summed E-state index contributed by atoms with van der Waals surface area (Å²) in [5.41, 5.74) is 0. The molecule has 0 bridgehead atoms. The number of benzene rings is 2. The summed E-state index contributed by atoms with van der Waals surface area (Å²) in [7, 11) is 0. The molecule has 0 aliphatic rings. The van der Waals surface area contributed by atoms with E-state index in [1.165, 1.54) is 0 Å². The van der Waals surface area contributed by atoms with Crippen molar-refractivity contribution in [3.05, 3.63) is 60.7 Å². The van der Waals surface area contributed by atoms with Crippen molar-refractivity contribution in [1.29, 1.82) is 0 Å². The van der Waals surface area contributed by atoms with Gasteiger partial charge in [-0.15, -0.1) is 0 Å². The van der Waals surface area contributed by atoms with Crippen LogP contribution in [0, 0.1) is 0 Å². The van der Waals surface area contributed by atoms with E-state index < -0.39 is 15.0 Å². The normalized spacial score (nSPS) is 9.73. The minimum atomic E-state index is -1.99. The van der Waals surface area contributed by atoms with Crippen LogP contribution in [0.4, 0.5) is 0 Å². The van der Waals surface area contributed by atoms with Gasteiger partial charge in [0.25, 0.3) is 0 Å². The zero-order valence-electron chi connectivity index (χ0n) is 8.17. The van der Waals surface area contributed by atoms with E-state index in [9.17, 15) is 4.10 Å². The molecule has 0 radical (unpaired) electrons. The van der Waals surface area contributed by atoms with E-state index in [-0.39, 0.29) is 5.48 Å². The van der Waals surface area contributed by atoms with Crippen LogP contribution < -0.4 is 8.70 Å². The zero-order chi connectivity index (χ0) is 9.80. The molecule has 0 saturated carbocycles. The second-order valence-corrected chi connectivity index (χ2v) is 6.46. The Kier molecular flexibility index (Phi) is 4.57. The molecule has 0 aliphatic carbocycles. The van der Waals surface area contributed by atoms with Crippen LogP contribution >= 0.6 is 0 Å². The summed E-state index contributed by atoms with van der Waals surface area (Å²) in [6.45, 7) is 0. The van der Waals surface area contributed by atoms with E-state index in [1.807, 2.05) is 60.7 Å². The number of hydrogen-bond acceptors (Lipinski definition) is 1. The summed E-state index contributed by atoms with van der Waals surface area (Å²) >= 11 is -1.99. The van der Waals surface area contributed by atoms with Crippen molar-refractivity contribution in [2.24, 2.45) is 0 Å². The molecule has 0 amide bonds. The van der Waals surface area contributed by atoms with Gasteiger partial charge in [-0.25, -0.2) is 0 Å². The summed E-state index contributed by atoms with van der Waals surface area (Å²) in [5, 5.41) is 0. The van der Waals surface area contributed by atoms with Gasteiger partial charge >= 0.3 is 88.5 Å². The van der Waals surface area contributed by atoms with Crippen LogP contribution in [0.3, 0.4) is 0 Å². The molecule has 0 aromatic heterocycles. The predicted octanol–water partition coefficient (Wildman–Crippen LogP) is -0.0401. The first-order valence-electron chi connectivity index (χ1n) is 4.47. The summed E-state index contributed by atoms with van der Waals surface area (Å²) < 4.78 is 12.3. The Bertz CT molecular complexity index is 349. The van der Waals surface area contributed by atoms with Gasteiger partial charge in [0.05, 0.1) is 0 Å². The fraction of sp³-hybridized carbons (Fsp3) is 0. The van der Waals surface area contributed by atoms with Gasteiger partial charge < -0.3 is 5.48 Å². The Hall–Kier alpha value is -1.08. The minimum absolute atomic E-state index is 0. The standard InChI is InChI=1S/C12H11AsO.H2O/c14-13(11-7-3-1-4-8-11)12-9-5-2-6-10-12;/h1-10,14H;1H2. The Morgan fingerprint density at radius 1 is 0.667 bits per heavy atom. The van der Waals surface area contributed by atoms with Crippen molar-refractivity contribution in [3.63, 3.8) is 0 Å². The Labute approximate surface area is 94.1 Å². The third-order valence-electron chi connectivity index (χ3n) is 2.00. The molecule has 2 aromatic rings. The average Bonchev–Trinajstić information content (AvgIpc) is 2.30. The van der Waals surface area contributed by atoms with Crippen molar-refractivity contribution >= 4 is 23.7 Å². The van der Waals surface area contributed by atoms with Crippen molar-refractivity contribution in [2.45, 2.75) is 0 Å². The molecule has 0 spiro atoms. The van der Waals surface area contributed by atoms with E-state index in [0.717, 1.165) is 8.70 Å². The van der Waals surface area contributed by atoms with Gasteiger partial charge in [-0.2, -0.15) is 0 Å². The first kappa shape index (κ1) is 12.0. The quantitative estimate of drug-likeness (QED) is 0.760. The molecule has 2 rings (SSSR count). The van der Waals surface area contributed by atoms with Crippen LogP contribution in [0.15, 0.2) is 60.7 Å². The average molecular weight is 264 g/mol. The van der Waals surface area contributed by atoms with Crippen LogP contribution in [0.5, 0.6) is 0 Å². The molecule has 0 aliphatic heterocycles.